The molecule has 1 saturated carbocycles. The third kappa shape index (κ3) is 2.63. The molecule has 4 atom stereocenters. The minimum Gasteiger partial charge on any atom is -0.327 e. The molecule has 3 rings (SSSR count). The summed E-state index contributed by atoms with van der Waals surface area (Å²) in [4.78, 5) is 0. The number of fused-ring (bicyclic) bond motifs is 1. The van der Waals surface area contributed by atoms with Gasteiger partial charge in [-0.25, -0.2) is 0 Å². The van der Waals surface area contributed by atoms with E-state index in [1.165, 1.54) is 0 Å². The highest BCUT2D eigenvalue weighted by molar-refractivity contribution is 7.86. The largest absolute Gasteiger partial charge is 0.327 e. The van der Waals surface area contributed by atoms with Crippen molar-refractivity contribution in [3.63, 3.8) is 0 Å². The van der Waals surface area contributed by atoms with Crippen LogP contribution in [0.15, 0.2) is 0 Å². The van der Waals surface area contributed by atoms with E-state index >= 15 is 0 Å². The Hall–Kier alpha value is -0.170. The molecule has 2 N–H and O–H groups in total. The van der Waals surface area contributed by atoms with E-state index in [1.807, 2.05) is 0 Å². The highest BCUT2D eigenvalue weighted by Gasteiger charge is 2.44. The number of hydrogen-bond acceptors (Lipinski definition) is 3. The monoisotopic (exact) mass is 301 g/mol. The van der Waals surface area contributed by atoms with Gasteiger partial charge in [0.25, 0.3) is 10.2 Å². The van der Waals surface area contributed by atoms with Gasteiger partial charge in [-0.1, -0.05) is 13.3 Å². The highest BCUT2D eigenvalue weighted by atomic mass is 32.2. The molecular weight excluding hydrogens is 274 g/mol. The molecule has 5 nitrogen and oxygen atoms in total. The van der Waals surface area contributed by atoms with Crippen molar-refractivity contribution in [2.24, 2.45) is 23.5 Å². The normalized spacial score (nSPS) is 40.7. The maximum absolute atomic E-state index is 12.8. The first-order chi connectivity index (χ1) is 9.48. The molecule has 1 aliphatic carbocycles. The third-order valence-electron chi connectivity index (χ3n) is 5.39. The van der Waals surface area contributed by atoms with Crippen molar-refractivity contribution < 1.29 is 8.42 Å². The van der Waals surface area contributed by atoms with Crippen LogP contribution in [0.3, 0.4) is 0 Å². The zero-order chi connectivity index (χ0) is 14.3. The molecule has 2 heterocycles. The van der Waals surface area contributed by atoms with Crippen LogP contribution in [-0.4, -0.2) is 49.2 Å². The minimum atomic E-state index is -3.27. The number of rotatable bonds is 2. The van der Waals surface area contributed by atoms with Gasteiger partial charge in [0.1, 0.15) is 0 Å². The van der Waals surface area contributed by atoms with E-state index in [2.05, 4.69) is 6.92 Å². The van der Waals surface area contributed by atoms with E-state index in [-0.39, 0.29) is 6.04 Å². The van der Waals surface area contributed by atoms with Crippen molar-refractivity contribution in [1.82, 2.24) is 8.61 Å². The Bertz CT molecular complexity index is 453. The van der Waals surface area contributed by atoms with Gasteiger partial charge in [0, 0.05) is 32.2 Å². The summed E-state index contributed by atoms with van der Waals surface area (Å²) in [5.74, 6) is 1.34. The number of piperidine rings is 1. The fourth-order valence-electron chi connectivity index (χ4n) is 4.18. The van der Waals surface area contributed by atoms with Crippen molar-refractivity contribution >= 4 is 10.2 Å². The van der Waals surface area contributed by atoms with Gasteiger partial charge in [-0.15, -0.1) is 0 Å². The maximum Gasteiger partial charge on any atom is 0.282 e. The lowest BCUT2D eigenvalue weighted by Gasteiger charge is -2.33. The van der Waals surface area contributed by atoms with Crippen LogP contribution in [-0.2, 0) is 10.2 Å². The van der Waals surface area contributed by atoms with E-state index in [0.29, 0.717) is 43.9 Å². The number of nitrogens with two attached hydrogens (primary N) is 1. The fraction of sp³-hybridized carbons (Fsp3) is 1.00. The third-order valence-corrected chi connectivity index (χ3v) is 7.33. The summed E-state index contributed by atoms with van der Waals surface area (Å²) in [6.45, 7) is 4.83. The Morgan fingerprint density at radius 2 is 1.80 bits per heavy atom. The van der Waals surface area contributed by atoms with E-state index in [0.717, 1.165) is 32.1 Å². The molecule has 0 aromatic carbocycles. The molecule has 6 heteroatoms. The summed E-state index contributed by atoms with van der Waals surface area (Å²) < 4.78 is 29.0. The average molecular weight is 301 g/mol. The molecule has 0 bridgehead atoms. The highest BCUT2D eigenvalue weighted by Crippen LogP contribution is 2.37. The molecule has 2 saturated heterocycles. The molecule has 116 valence electrons. The molecule has 3 fully saturated rings. The van der Waals surface area contributed by atoms with Gasteiger partial charge in [0.2, 0.25) is 0 Å². The quantitative estimate of drug-likeness (QED) is 0.828. The molecule has 0 spiro atoms. The van der Waals surface area contributed by atoms with Crippen molar-refractivity contribution in [2.75, 3.05) is 26.2 Å². The van der Waals surface area contributed by atoms with Gasteiger partial charge in [-0.05, 0) is 43.4 Å². The first-order valence-corrected chi connectivity index (χ1v) is 9.39. The van der Waals surface area contributed by atoms with Gasteiger partial charge >= 0.3 is 0 Å². The topological polar surface area (TPSA) is 66.6 Å². The Kier molecular flexibility index (Phi) is 4.10. The molecule has 3 aliphatic rings. The summed E-state index contributed by atoms with van der Waals surface area (Å²) in [5, 5.41) is 0. The van der Waals surface area contributed by atoms with Gasteiger partial charge in [0.15, 0.2) is 0 Å². The van der Waals surface area contributed by atoms with Crippen LogP contribution in [0, 0.1) is 17.8 Å². The SMILES string of the molecule is CC1CCCN(S(=O)(=O)N2CC3CCCC(N)C3C2)C1. The molecule has 0 aromatic rings. The number of hydrogen-bond donors (Lipinski definition) is 1. The lowest BCUT2D eigenvalue weighted by Crippen LogP contribution is -2.47. The van der Waals surface area contributed by atoms with Crippen LogP contribution < -0.4 is 5.73 Å². The van der Waals surface area contributed by atoms with Crippen LogP contribution in [0.5, 0.6) is 0 Å². The van der Waals surface area contributed by atoms with Crippen molar-refractivity contribution in [2.45, 2.75) is 45.1 Å². The van der Waals surface area contributed by atoms with Gasteiger partial charge in [0.05, 0.1) is 0 Å². The maximum atomic E-state index is 12.8. The van der Waals surface area contributed by atoms with Gasteiger partial charge < -0.3 is 5.73 Å². The summed E-state index contributed by atoms with van der Waals surface area (Å²) in [6, 6.07) is 0.189. The second-order valence-corrected chi connectivity index (χ2v) is 8.88. The molecule has 0 radical (unpaired) electrons. The zero-order valence-corrected chi connectivity index (χ0v) is 13.2. The van der Waals surface area contributed by atoms with E-state index in [1.54, 1.807) is 8.61 Å². The summed E-state index contributed by atoms with van der Waals surface area (Å²) in [7, 11) is -3.27. The zero-order valence-electron chi connectivity index (χ0n) is 12.4. The van der Waals surface area contributed by atoms with Gasteiger partial charge in [-0.2, -0.15) is 17.0 Å². The van der Waals surface area contributed by atoms with Crippen molar-refractivity contribution in [3.05, 3.63) is 0 Å². The lowest BCUT2D eigenvalue weighted by molar-refractivity contribution is 0.258. The van der Waals surface area contributed by atoms with Crippen LogP contribution >= 0.6 is 0 Å². The molecule has 2 aliphatic heterocycles. The van der Waals surface area contributed by atoms with Crippen LogP contribution in [0.1, 0.15) is 39.0 Å². The van der Waals surface area contributed by atoms with Crippen molar-refractivity contribution in [1.29, 1.82) is 0 Å². The van der Waals surface area contributed by atoms with E-state index in [4.69, 9.17) is 5.73 Å². The average Bonchev–Trinajstić information content (AvgIpc) is 2.85. The predicted molar refractivity (Wildman–Crippen MR) is 79.3 cm³/mol. The Morgan fingerprint density at radius 1 is 1.00 bits per heavy atom. The first kappa shape index (κ1) is 14.8. The van der Waals surface area contributed by atoms with E-state index < -0.39 is 10.2 Å². The molecular formula is C14H27N3O2S. The second kappa shape index (κ2) is 5.55. The first-order valence-electron chi connectivity index (χ1n) is 7.99. The Morgan fingerprint density at radius 3 is 2.50 bits per heavy atom. The Labute approximate surface area is 122 Å². The molecule has 4 unspecified atom stereocenters. The Balaban J connectivity index is 1.72. The van der Waals surface area contributed by atoms with Crippen LogP contribution in [0.2, 0.25) is 0 Å². The van der Waals surface area contributed by atoms with E-state index in [9.17, 15) is 8.42 Å². The van der Waals surface area contributed by atoms with Crippen molar-refractivity contribution in [3.8, 4) is 0 Å². The summed E-state index contributed by atoms with van der Waals surface area (Å²) >= 11 is 0. The molecule has 20 heavy (non-hydrogen) atoms. The summed E-state index contributed by atoms with van der Waals surface area (Å²) in [5.41, 5.74) is 6.19. The molecule has 0 aromatic heterocycles. The number of nitrogens with zero attached hydrogens (tertiary/aromatic N) is 2. The lowest BCUT2D eigenvalue weighted by atomic mass is 9.78. The van der Waals surface area contributed by atoms with Crippen LogP contribution in [0.4, 0.5) is 0 Å². The second-order valence-electron chi connectivity index (χ2n) is 6.95. The standard InChI is InChI=1S/C14H27N3O2S/c1-11-4-3-7-16(8-11)20(18,19)17-9-12-5-2-6-14(15)13(12)10-17/h11-14H,2-10,15H2,1H3. The smallest absolute Gasteiger partial charge is 0.282 e. The summed E-state index contributed by atoms with van der Waals surface area (Å²) in [6.07, 6.45) is 5.47. The minimum absolute atomic E-state index is 0.189. The van der Waals surface area contributed by atoms with Gasteiger partial charge in [-0.3, -0.25) is 0 Å². The molecule has 0 amide bonds. The predicted octanol–water partition coefficient (Wildman–Crippen LogP) is 1.02. The fourth-order valence-corrected chi connectivity index (χ4v) is 6.05. The van der Waals surface area contributed by atoms with Crippen LogP contribution in [0.25, 0.3) is 0 Å².